The first kappa shape index (κ1) is 14.4. The molecule has 6 nitrogen and oxygen atoms in total. The van der Waals surface area contributed by atoms with Crippen LogP contribution >= 0.6 is 27.3 Å². The summed E-state index contributed by atoms with van der Waals surface area (Å²) in [6.07, 6.45) is 1.51. The fraction of sp³-hybridized carbons (Fsp3) is 0. The van der Waals surface area contributed by atoms with Gasteiger partial charge in [0.15, 0.2) is 5.13 Å². The van der Waals surface area contributed by atoms with Gasteiger partial charge >= 0.3 is 12.0 Å². The van der Waals surface area contributed by atoms with E-state index in [1.165, 1.54) is 17.5 Å². The van der Waals surface area contributed by atoms with Crippen LogP contribution in [0.3, 0.4) is 0 Å². The SMILES string of the molecule is O=C(Nc1ncc(Br)s1)Nc1cc(C(=O)O)ccc1F. The predicted octanol–water partition coefficient (Wildman–Crippen LogP) is 3.39. The summed E-state index contributed by atoms with van der Waals surface area (Å²) in [5.41, 5.74) is -0.350. The molecule has 104 valence electrons. The van der Waals surface area contributed by atoms with Gasteiger partial charge in [-0.05, 0) is 34.1 Å². The highest BCUT2D eigenvalue weighted by molar-refractivity contribution is 9.11. The van der Waals surface area contributed by atoms with E-state index in [4.69, 9.17) is 5.11 Å². The van der Waals surface area contributed by atoms with Crippen LogP contribution in [0.1, 0.15) is 10.4 Å². The molecule has 0 fully saturated rings. The average Bonchev–Trinajstić information content (AvgIpc) is 2.77. The Bertz CT molecular complexity index is 677. The second kappa shape index (κ2) is 5.97. The van der Waals surface area contributed by atoms with Crippen LogP contribution in [-0.4, -0.2) is 22.1 Å². The number of thiazole rings is 1. The summed E-state index contributed by atoms with van der Waals surface area (Å²) in [4.78, 5) is 26.3. The molecule has 1 heterocycles. The summed E-state index contributed by atoms with van der Waals surface area (Å²) < 4.78 is 14.2. The second-order valence-electron chi connectivity index (χ2n) is 3.55. The minimum atomic E-state index is -1.21. The number of halogens is 2. The Labute approximate surface area is 124 Å². The highest BCUT2D eigenvalue weighted by Crippen LogP contribution is 2.23. The Balaban J connectivity index is 2.11. The molecular weight excluding hydrogens is 353 g/mol. The third kappa shape index (κ3) is 3.52. The molecule has 2 amide bonds. The lowest BCUT2D eigenvalue weighted by Gasteiger charge is -2.07. The summed E-state index contributed by atoms with van der Waals surface area (Å²) in [6, 6.07) is 2.40. The Kier molecular flexibility index (Phi) is 4.30. The summed E-state index contributed by atoms with van der Waals surface area (Å²) in [7, 11) is 0. The van der Waals surface area contributed by atoms with Gasteiger partial charge in [-0.25, -0.2) is 19.0 Å². The van der Waals surface area contributed by atoms with Gasteiger partial charge in [-0.2, -0.15) is 0 Å². The van der Waals surface area contributed by atoms with E-state index in [1.807, 2.05) is 0 Å². The fourth-order valence-electron chi connectivity index (χ4n) is 1.32. The van der Waals surface area contributed by atoms with E-state index >= 15 is 0 Å². The van der Waals surface area contributed by atoms with Gasteiger partial charge in [0, 0.05) is 0 Å². The van der Waals surface area contributed by atoms with Gasteiger partial charge in [0.05, 0.1) is 21.2 Å². The van der Waals surface area contributed by atoms with E-state index in [0.29, 0.717) is 5.13 Å². The number of nitrogens with one attached hydrogen (secondary N) is 2. The van der Waals surface area contributed by atoms with Gasteiger partial charge in [0.25, 0.3) is 0 Å². The fourth-order valence-corrected chi connectivity index (χ4v) is 2.42. The third-order valence-corrected chi connectivity index (χ3v) is 3.55. The van der Waals surface area contributed by atoms with Crippen molar-refractivity contribution in [2.75, 3.05) is 10.6 Å². The molecule has 0 radical (unpaired) electrons. The number of benzene rings is 1. The van der Waals surface area contributed by atoms with Crippen LogP contribution in [0.15, 0.2) is 28.2 Å². The van der Waals surface area contributed by atoms with Crippen LogP contribution in [-0.2, 0) is 0 Å². The number of anilines is 2. The highest BCUT2D eigenvalue weighted by atomic mass is 79.9. The molecule has 1 aromatic heterocycles. The number of carbonyl (C=O) groups is 2. The quantitative estimate of drug-likeness (QED) is 0.783. The molecule has 0 aliphatic heterocycles. The molecule has 2 rings (SSSR count). The van der Waals surface area contributed by atoms with Crippen molar-refractivity contribution in [3.63, 3.8) is 0 Å². The monoisotopic (exact) mass is 359 g/mol. The maximum absolute atomic E-state index is 13.5. The number of carbonyl (C=O) groups excluding carboxylic acids is 1. The number of urea groups is 1. The van der Waals surface area contributed by atoms with Crippen molar-refractivity contribution in [2.45, 2.75) is 0 Å². The standard InChI is InChI=1S/C11H7BrFN3O3S/c12-8-4-14-11(20-8)16-10(19)15-7-3-5(9(17)18)1-2-6(7)13/h1-4H,(H,17,18)(H2,14,15,16,19). The zero-order chi connectivity index (χ0) is 14.7. The molecule has 1 aromatic carbocycles. The van der Waals surface area contributed by atoms with E-state index in [1.54, 1.807) is 0 Å². The number of nitrogens with zero attached hydrogens (tertiary/aromatic N) is 1. The van der Waals surface area contributed by atoms with Crippen LogP contribution in [0.2, 0.25) is 0 Å². The Morgan fingerprint density at radius 1 is 1.35 bits per heavy atom. The van der Waals surface area contributed by atoms with Gasteiger partial charge in [-0.3, -0.25) is 5.32 Å². The Morgan fingerprint density at radius 2 is 2.10 bits per heavy atom. The van der Waals surface area contributed by atoms with Crippen LogP contribution < -0.4 is 10.6 Å². The second-order valence-corrected chi connectivity index (χ2v) is 5.96. The van der Waals surface area contributed by atoms with Crippen LogP contribution in [0.25, 0.3) is 0 Å². The average molecular weight is 360 g/mol. The van der Waals surface area contributed by atoms with Crippen molar-refractivity contribution < 1.29 is 19.1 Å². The van der Waals surface area contributed by atoms with Crippen molar-refractivity contribution in [3.05, 3.63) is 39.6 Å². The minimum absolute atomic E-state index is 0.126. The van der Waals surface area contributed by atoms with Gasteiger partial charge in [0.1, 0.15) is 5.82 Å². The van der Waals surface area contributed by atoms with E-state index in [9.17, 15) is 14.0 Å². The van der Waals surface area contributed by atoms with E-state index in [0.717, 1.165) is 22.0 Å². The molecule has 0 bridgehead atoms. The number of rotatable bonds is 3. The molecule has 2 aromatic rings. The highest BCUT2D eigenvalue weighted by Gasteiger charge is 2.12. The lowest BCUT2D eigenvalue weighted by Crippen LogP contribution is -2.20. The van der Waals surface area contributed by atoms with Gasteiger partial charge in [-0.1, -0.05) is 11.3 Å². The predicted molar refractivity (Wildman–Crippen MR) is 75.8 cm³/mol. The molecule has 3 N–H and O–H groups in total. The number of hydrogen-bond acceptors (Lipinski definition) is 4. The molecule has 9 heteroatoms. The van der Waals surface area contributed by atoms with Crippen LogP contribution in [0.5, 0.6) is 0 Å². The first-order chi connectivity index (χ1) is 9.45. The lowest BCUT2D eigenvalue weighted by molar-refractivity contribution is 0.0697. The zero-order valence-electron chi connectivity index (χ0n) is 9.68. The maximum Gasteiger partial charge on any atom is 0.335 e. The topological polar surface area (TPSA) is 91.3 Å². The number of aromatic nitrogens is 1. The molecule has 0 aliphatic rings. The number of hydrogen-bond donors (Lipinski definition) is 3. The summed E-state index contributed by atoms with van der Waals surface area (Å²) in [6.45, 7) is 0. The van der Waals surface area contributed by atoms with Crippen molar-refractivity contribution in [1.82, 2.24) is 4.98 Å². The number of carboxylic acids is 1. The molecular formula is C11H7BrFN3O3S. The third-order valence-electron chi connectivity index (χ3n) is 2.16. The summed E-state index contributed by atoms with van der Waals surface area (Å²) >= 11 is 4.37. The molecule has 0 saturated carbocycles. The molecule has 0 atom stereocenters. The molecule has 0 aliphatic carbocycles. The molecule has 0 spiro atoms. The normalized spacial score (nSPS) is 10.1. The molecule has 0 unspecified atom stereocenters. The van der Waals surface area contributed by atoms with Gasteiger partial charge < -0.3 is 10.4 Å². The van der Waals surface area contributed by atoms with Crippen molar-refractivity contribution in [3.8, 4) is 0 Å². The van der Waals surface area contributed by atoms with E-state index < -0.39 is 17.8 Å². The van der Waals surface area contributed by atoms with Crippen LogP contribution in [0.4, 0.5) is 20.0 Å². The zero-order valence-corrected chi connectivity index (χ0v) is 12.1. The first-order valence-electron chi connectivity index (χ1n) is 5.18. The van der Waals surface area contributed by atoms with Crippen molar-refractivity contribution >= 4 is 50.1 Å². The summed E-state index contributed by atoms with van der Waals surface area (Å²) in [5.74, 6) is -1.94. The van der Waals surface area contributed by atoms with Gasteiger partial charge in [0.2, 0.25) is 0 Å². The number of amides is 2. The van der Waals surface area contributed by atoms with E-state index in [2.05, 4.69) is 31.5 Å². The summed E-state index contributed by atoms with van der Waals surface area (Å²) in [5, 5.41) is 13.8. The Morgan fingerprint density at radius 3 is 2.70 bits per heavy atom. The van der Waals surface area contributed by atoms with Crippen molar-refractivity contribution in [2.24, 2.45) is 0 Å². The molecule has 0 saturated heterocycles. The number of carboxylic acid groups (broad SMARTS) is 1. The maximum atomic E-state index is 13.5. The number of aromatic carboxylic acids is 1. The van der Waals surface area contributed by atoms with Crippen molar-refractivity contribution in [1.29, 1.82) is 0 Å². The van der Waals surface area contributed by atoms with E-state index in [-0.39, 0.29) is 11.3 Å². The molecule has 20 heavy (non-hydrogen) atoms. The van der Waals surface area contributed by atoms with Gasteiger partial charge in [-0.15, -0.1) is 0 Å². The largest absolute Gasteiger partial charge is 0.478 e. The first-order valence-corrected chi connectivity index (χ1v) is 6.79. The minimum Gasteiger partial charge on any atom is -0.478 e. The smallest absolute Gasteiger partial charge is 0.335 e. The van der Waals surface area contributed by atoms with Crippen LogP contribution in [0, 0.1) is 5.82 Å². The Hall–Kier alpha value is -2.00. The lowest BCUT2D eigenvalue weighted by atomic mass is 10.2.